The van der Waals surface area contributed by atoms with Crippen LogP contribution in [0.1, 0.15) is 34.7 Å². The Labute approximate surface area is 209 Å². The van der Waals surface area contributed by atoms with Crippen molar-refractivity contribution in [2.24, 2.45) is 0 Å². The molecule has 0 saturated heterocycles. The minimum atomic E-state index is -3.91. The normalized spacial score (nSPS) is 12.4. The summed E-state index contributed by atoms with van der Waals surface area (Å²) in [5.41, 5.74) is 3.63. The van der Waals surface area contributed by atoms with Crippen LogP contribution in [0.5, 0.6) is 5.75 Å². The van der Waals surface area contributed by atoms with Crippen LogP contribution in [-0.4, -0.2) is 20.4 Å². The van der Waals surface area contributed by atoms with Crippen molar-refractivity contribution in [3.8, 4) is 5.75 Å². The van der Waals surface area contributed by atoms with E-state index in [1.54, 1.807) is 31.2 Å². The lowest BCUT2D eigenvalue weighted by atomic mass is 9.98. The molecule has 1 atom stereocenters. The van der Waals surface area contributed by atoms with Gasteiger partial charge in [0.1, 0.15) is 17.4 Å². The molecule has 1 N–H and O–H groups in total. The van der Waals surface area contributed by atoms with Crippen molar-refractivity contribution in [1.82, 2.24) is 4.72 Å². The van der Waals surface area contributed by atoms with Gasteiger partial charge in [0, 0.05) is 22.9 Å². The third-order valence-corrected chi connectivity index (χ3v) is 7.66. The summed E-state index contributed by atoms with van der Waals surface area (Å²) in [6.45, 7) is 6.81. The molecule has 8 heteroatoms. The molecular formula is C28H27NO6S. The zero-order chi connectivity index (χ0) is 26.0. The lowest BCUT2D eigenvalue weighted by Gasteiger charge is -2.16. The summed E-state index contributed by atoms with van der Waals surface area (Å²) in [5.74, 6) is -0.597. The highest BCUT2D eigenvalue weighted by molar-refractivity contribution is 7.89. The van der Waals surface area contributed by atoms with Crippen molar-refractivity contribution < 1.29 is 22.4 Å². The number of hydrogen-bond acceptors (Lipinski definition) is 6. The molecule has 0 unspecified atom stereocenters. The van der Waals surface area contributed by atoms with Crippen molar-refractivity contribution in [2.45, 2.75) is 45.1 Å². The van der Waals surface area contributed by atoms with Crippen molar-refractivity contribution >= 4 is 27.0 Å². The van der Waals surface area contributed by atoms with Gasteiger partial charge in [-0.3, -0.25) is 0 Å². The minimum Gasteiger partial charge on any atom is -0.425 e. The van der Waals surface area contributed by atoms with Gasteiger partial charge in [0.15, 0.2) is 0 Å². The van der Waals surface area contributed by atoms with Crippen LogP contribution >= 0.6 is 0 Å². The van der Waals surface area contributed by atoms with Crippen molar-refractivity contribution in [3.63, 3.8) is 0 Å². The van der Waals surface area contributed by atoms with E-state index in [1.165, 1.54) is 19.1 Å². The first kappa shape index (κ1) is 25.3. The van der Waals surface area contributed by atoms with Gasteiger partial charge < -0.3 is 9.15 Å². The fraction of sp³-hybridized carbons (Fsp3) is 0.214. The topological polar surface area (TPSA) is 103 Å². The van der Waals surface area contributed by atoms with Crippen LogP contribution < -0.4 is 15.1 Å². The lowest BCUT2D eigenvalue weighted by Crippen LogP contribution is -2.40. The van der Waals surface area contributed by atoms with E-state index < -0.39 is 27.7 Å². The molecule has 3 aromatic carbocycles. The van der Waals surface area contributed by atoms with Crippen LogP contribution in [0.25, 0.3) is 11.0 Å². The standard InChI is InChI=1S/C28H27NO6S/c1-17-10-12-22(13-11-17)36(32,33)29-20(4)27(30)34-25-15-14-23-18(2)24(16-21-8-6-5-7-9-21)28(31)35-26(23)19(25)3/h5-15,20,29H,16H2,1-4H3/t20-/m0/s1. The second-order valence-electron chi connectivity index (χ2n) is 8.80. The summed E-state index contributed by atoms with van der Waals surface area (Å²) in [7, 11) is -3.91. The molecule has 186 valence electrons. The van der Waals surface area contributed by atoms with E-state index in [0.29, 0.717) is 23.1 Å². The van der Waals surface area contributed by atoms with Crippen LogP contribution in [0.4, 0.5) is 0 Å². The van der Waals surface area contributed by atoms with Gasteiger partial charge in [-0.1, -0.05) is 48.0 Å². The molecule has 1 aromatic heterocycles. The average Bonchev–Trinajstić information content (AvgIpc) is 2.84. The zero-order valence-electron chi connectivity index (χ0n) is 20.5. The SMILES string of the molecule is Cc1ccc(S(=O)(=O)N[C@@H](C)C(=O)Oc2ccc3c(C)c(Cc4ccccc4)c(=O)oc3c2C)cc1. The van der Waals surface area contributed by atoms with E-state index in [4.69, 9.17) is 9.15 Å². The summed E-state index contributed by atoms with van der Waals surface area (Å²) in [6, 6.07) is 18.2. The Balaban J connectivity index is 1.57. The van der Waals surface area contributed by atoms with E-state index in [-0.39, 0.29) is 10.6 Å². The summed E-state index contributed by atoms with van der Waals surface area (Å²) >= 11 is 0. The average molecular weight is 506 g/mol. The Kier molecular flexibility index (Phi) is 7.10. The highest BCUT2D eigenvalue weighted by atomic mass is 32.2. The van der Waals surface area contributed by atoms with Gasteiger partial charge in [-0.2, -0.15) is 4.72 Å². The molecule has 0 aliphatic heterocycles. The Morgan fingerprint density at radius 1 is 0.944 bits per heavy atom. The van der Waals surface area contributed by atoms with Crippen LogP contribution in [0.2, 0.25) is 0 Å². The number of esters is 1. The predicted octanol–water partition coefficient (Wildman–Crippen LogP) is 4.58. The second-order valence-corrected chi connectivity index (χ2v) is 10.5. The van der Waals surface area contributed by atoms with Crippen LogP contribution in [0.3, 0.4) is 0 Å². The summed E-state index contributed by atoms with van der Waals surface area (Å²) < 4.78 is 38.7. The number of sulfonamides is 1. The molecule has 0 aliphatic carbocycles. The minimum absolute atomic E-state index is 0.0539. The van der Waals surface area contributed by atoms with Crippen molar-refractivity contribution in [1.29, 1.82) is 0 Å². The molecule has 4 aromatic rings. The number of aryl methyl sites for hydroxylation is 3. The fourth-order valence-corrected chi connectivity index (χ4v) is 5.14. The maximum atomic E-state index is 12.8. The largest absolute Gasteiger partial charge is 0.425 e. The van der Waals surface area contributed by atoms with Gasteiger partial charge in [-0.25, -0.2) is 18.0 Å². The Bertz CT molecular complexity index is 1590. The van der Waals surface area contributed by atoms with E-state index >= 15 is 0 Å². The van der Waals surface area contributed by atoms with Crippen LogP contribution in [-0.2, 0) is 21.2 Å². The number of fused-ring (bicyclic) bond motifs is 1. The van der Waals surface area contributed by atoms with E-state index in [1.807, 2.05) is 44.2 Å². The maximum Gasteiger partial charge on any atom is 0.340 e. The molecule has 4 rings (SSSR count). The summed E-state index contributed by atoms with van der Waals surface area (Å²) in [6.07, 6.45) is 0.444. The van der Waals surface area contributed by atoms with Gasteiger partial charge in [-0.15, -0.1) is 0 Å². The van der Waals surface area contributed by atoms with E-state index in [9.17, 15) is 18.0 Å². The van der Waals surface area contributed by atoms with Crippen molar-refractivity contribution in [3.05, 3.63) is 105 Å². The number of rotatable bonds is 7. The Morgan fingerprint density at radius 2 is 1.61 bits per heavy atom. The van der Waals surface area contributed by atoms with E-state index in [0.717, 1.165) is 22.1 Å². The summed E-state index contributed by atoms with van der Waals surface area (Å²) in [5, 5.41) is 0.742. The van der Waals surface area contributed by atoms with E-state index in [2.05, 4.69) is 4.72 Å². The molecule has 0 aliphatic rings. The number of benzene rings is 3. The monoisotopic (exact) mass is 505 g/mol. The fourth-order valence-electron chi connectivity index (χ4n) is 3.95. The summed E-state index contributed by atoms with van der Waals surface area (Å²) in [4.78, 5) is 25.6. The molecular weight excluding hydrogens is 478 g/mol. The molecule has 36 heavy (non-hydrogen) atoms. The first-order valence-electron chi connectivity index (χ1n) is 11.5. The molecule has 0 radical (unpaired) electrons. The van der Waals surface area contributed by atoms with Crippen LogP contribution in [0, 0.1) is 20.8 Å². The van der Waals surface area contributed by atoms with Gasteiger partial charge in [-0.05, 0) is 63.1 Å². The van der Waals surface area contributed by atoms with Gasteiger partial charge in [0.05, 0.1) is 4.90 Å². The molecule has 1 heterocycles. The third kappa shape index (κ3) is 5.24. The maximum absolute atomic E-state index is 12.8. The number of hydrogen-bond donors (Lipinski definition) is 1. The molecule has 0 saturated carbocycles. The highest BCUT2D eigenvalue weighted by Crippen LogP contribution is 2.30. The quantitative estimate of drug-likeness (QED) is 0.224. The number of nitrogens with one attached hydrogen (secondary N) is 1. The third-order valence-electron chi connectivity index (χ3n) is 6.11. The smallest absolute Gasteiger partial charge is 0.340 e. The Morgan fingerprint density at radius 3 is 2.28 bits per heavy atom. The predicted molar refractivity (Wildman–Crippen MR) is 138 cm³/mol. The first-order valence-corrected chi connectivity index (χ1v) is 13.0. The zero-order valence-corrected chi connectivity index (χ0v) is 21.3. The lowest BCUT2D eigenvalue weighted by molar-refractivity contribution is -0.135. The Hall–Kier alpha value is -3.75. The molecule has 0 bridgehead atoms. The van der Waals surface area contributed by atoms with Crippen LogP contribution in [0.15, 0.2) is 80.8 Å². The molecule has 7 nitrogen and oxygen atoms in total. The highest BCUT2D eigenvalue weighted by Gasteiger charge is 2.25. The van der Waals surface area contributed by atoms with Gasteiger partial charge in [0.2, 0.25) is 10.0 Å². The first-order chi connectivity index (χ1) is 17.1. The van der Waals surface area contributed by atoms with Gasteiger partial charge in [0.25, 0.3) is 0 Å². The number of carbonyl (C=O) groups is 1. The number of ether oxygens (including phenoxy) is 1. The molecule has 0 fully saturated rings. The van der Waals surface area contributed by atoms with Gasteiger partial charge >= 0.3 is 11.6 Å². The second kappa shape index (κ2) is 10.1. The number of carbonyl (C=O) groups excluding carboxylic acids is 1. The van der Waals surface area contributed by atoms with Crippen molar-refractivity contribution in [2.75, 3.05) is 0 Å². The molecule has 0 spiro atoms. The molecule has 0 amide bonds.